The molecule has 0 aromatic carbocycles. The molecule has 1 aliphatic carbocycles. The van der Waals surface area contributed by atoms with E-state index in [2.05, 4.69) is 10.1 Å². The molecule has 0 spiro atoms. The fourth-order valence-electron chi connectivity index (χ4n) is 2.41. The molecule has 0 atom stereocenters. The van der Waals surface area contributed by atoms with Crippen molar-refractivity contribution in [3.63, 3.8) is 0 Å². The molecule has 0 amide bonds. The highest BCUT2D eigenvalue weighted by Crippen LogP contribution is 2.26. The molecule has 16 heavy (non-hydrogen) atoms. The van der Waals surface area contributed by atoms with Crippen molar-refractivity contribution >= 4 is 0 Å². The summed E-state index contributed by atoms with van der Waals surface area (Å²) in [6.07, 6.45) is 6.77. The summed E-state index contributed by atoms with van der Waals surface area (Å²) < 4.78 is 7.43. The van der Waals surface area contributed by atoms with Gasteiger partial charge in [-0.05, 0) is 32.6 Å². The molecule has 0 saturated heterocycles. The summed E-state index contributed by atoms with van der Waals surface area (Å²) in [6, 6.07) is 0.686. The molecule has 0 radical (unpaired) electrons. The minimum Gasteiger partial charge on any atom is -0.464 e. The average Bonchev–Trinajstić information content (AvgIpc) is 2.61. The molecular formula is C12H21N3O. The summed E-state index contributed by atoms with van der Waals surface area (Å²) in [6.45, 7) is 5.52. The second-order valence-electron chi connectivity index (χ2n) is 4.56. The molecule has 1 aromatic heterocycles. The number of nitrogens with zero attached hydrogens (tertiary/aromatic N) is 3. The molecule has 1 heterocycles. The van der Waals surface area contributed by atoms with E-state index in [1.807, 2.05) is 18.5 Å². The first-order chi connectivity index (χ1) is 7.79. The molecule has 1 saturated carbocycles. The maximum atomic E-state index is 5.49. The van der Waals surface area contributed by atoms with Crippen LogP contribution >= 0.6 is 0 Å². The monoisotopic (exact) mass is 223 g/mol. The van der Waals surface area contributed by atoms with Gasteiger partial charge in [0.25, 0.3) is 0 Å². The van der Waals surface area contributed by atoms with Gasteiger partial charge in [0.15, 0.2) is 5.82 Å². The van der Waals surface area contributed by atoms with E-state index in [0.29, 0.717) is 12.6 Å². The van der Waals surface area contributed by atoms with Crippen LogP contribution in [-0.4, -0.2) is 21.4 Å². The van der Waals surface area contributed by atoms with E-state index in [9.17, 15) is 0 Å². The van der Waals surface area contributed by atoms with Gasteiger partial charge in [-0.15, -0.1) is 0 Å². The maximum Gasteiger partial charge on any atom is 0.314 e. The van der Waals surface area contributed by atoms with Crippen LogP contribution in [0.4, 0.5) is 0 Å². The summed E-state index contributed by atoms with van der Waals surface area (Å²) >= 11 is 0. The Hall–Kier alpha value is -1.06. The fourth-order valence-corrected chi connectivity index (χ4v) is 2.41. The minimum atomic E-state index is 0.656. The number of hydrogen-bond acceptors (Lipinski definition) is 3. The first-order valence-electron chi connectivity index (χ1n) is 6.34. The zero-order chi connectivity index (χ0) is 11.4. The average molecular weight is 223 g/mol. The standard InChI is InChI=1S/C12H21N3O/c1-3-16-12-13-10(2)14-15(12)9-11-7-5-4-6-8-11/h11H,3-9H2,1-2H3. The normalized spacial score (nSPS) is 17.6. The van der Waals surface area contributed by atoms with Gasteiger partial charge in [0.1, 0.15) is 0 Å². The van der Waals surface area contributed by atoms with Crippen LogP contribution in [-0.2, 0) is 6.54 Å². The molecule has 4 heteroatoms. The highest BCUT2D eigenvalue weighted by molar-refractivity contribution is 4.97. The molecule has 0 N–H and O–H groups in total. The Bertz CT molecular complexity index is 329. The van der Waals surface area contributed by atoms with Crippen molar-refractivity contribution < 1.29 is 4.74 Å². The fraction of sp³-hybridized carbons (Fsp3) is 0.833. The third-order valence-corrected chi connectivity index (χ3v) is 3.17. The van der Waals surface area contributed by atoms with Crippen LogP contribution in [0, 0.1) is 12.8 Å². The highest BCUT2D eigenvalue weighted by atomic mass is 16.5. The summed E-state index contributed by atoms with van der Waals surface area (Å²) in [7, 11) is 0. The van der Waals surface area contributed by atoms with Gasteiger partial charge < -0.3 is 4.74 Å². The smallest absolute Gasteiger partial charge is 0.314 e. The molecule has 0 aliphatic heterocycles. The number of aromatic nitrogens is 3. The highest BCUT2D eigenvalue weighted by Gasteiger charge is 2.17. The van der Waals surface area contributed by atoms with E-state index in [1.165, 1.54) is 32.1 Å². The van der Waals surface area contributed by atoms with E-state index in [0.717, 1.165) is 18.3 Å². The minimum absolute atomic E-state index is 0.656. The van der Waals surface area contributed by atoms with E-state index < -0.39 is 0 Å². The Morgan fingerprint density at radius 1 is 1.31 bits per heavy atom. The van der Waals surface area contributed by atoms with Crippen LogP contribution in [0.1, 0.15) is 44.9 Å². The first-order valence-corrected chi connectivity index (χ1v) is 6.34. The predicted octanol–water partition coefficient (Wildman–Crippen LogP) is 2.57. The quantitative estimate of drug-likeness (QED) is 0.787. The van der Waals surface area contributed by atoms with E-state index in [1.54, 1.807) is 0 Å². The molecule has 1 fully saturated rings. The van der Waals surface area contributed by atoms with Crippen LogP contribution in [0.5, 0.6) is 6.01 Å². The zero-order valence-electron chi connectivity index (χ0n) is 10.3. The van der Waals surface area contributed by atoms with Gasteiger partial charge in [-0.2, -0.15) is 10.1 Å². The lowest BCUT2D eigenvalue weighted by atomic mass is 9.89. The molecule has 4 nitrogen and oxygen atoms in total. The van der Waals surface area contributed by atoms with Crippen molar-refractivity contribution in [1.82, 2.24) is 14.8 Å². The van der Waals surface area contributed by atoms with Crippen molar-refractivity contribution in [2.45, 2.75) is 52.5 Å². The largest absolute Gasteiger partial charge is 0.464 e. The first kappa shape index (κ1) is 11.4. The van der Waals surface area contributed by atoms with E-state index >= 15 is 0 Å². The van der Waals surface area contributed by atoms with Gasteiger partial charge in [0.05, 0.1) is 6.61 Å². The van der Waals surface area contributed by atoms with Gasteiger partial charge in [-0.1, -0.05) is 19.3 Å². The molecule has 1 aliphatic rings. The zero-order valence-corrected chi connectivity index (χ0v) is 10.3. The summed E-state index contributed by atoms with van der Waals surface area (Å²) in [5.41, 5.74) is 0. The lowest BCUT2D eigenvalue weighted by molar-refractivity contribution is 0.254. The number of rotatable bonds is 4. The summed E-state index contributed by atoms with van der Waals surface area (Å²) in [5, 5.41) is 4.40. The number of aryl methyl sites for hydroxylation is 1. The second kappa shape index (κ2) is 5.32. The van der Waals surface area contributed by atoms with Crippen molar-refractivity contribution in [1.29, 1.82) is 0 Å². The number of hydrogen-bond donors (Lipinski definition) is 0. The Morgan fingerprint density at radius 3 is 2.75 bits per heavy atom. The SMILES string of the molecule is CCOc1nc(C)nn1CC1CCCCC1. The van der Waals surface area contributed by atoms with Crippen LogP contribution in [0.25, 0.3) is 0 Å². The Balaban J connectivity index is 2.01. The molecule has 0 bridgehead atoms. The van der Waals surface area contributed by atoms with Gasteiger partial charge in [0, 0.05) is 6.54 Å². The maximum absolute atomic E-state index is 5.49. The van der Waals surface area contributed by atoms with Crippen LogP contribution in [0.3, 0.4) is 0 Å². The molecular weight excluding hydrogens is 202 g/mol. The van der Waals surface area contributed by atoms with Crippen LogP contribution < -0.4 is 4.74 Å². The van der Waals surface area contributed by atoms with E-state index in [4.69, 9.17) is 4.74 Å². The third-order valence-electron chi connectivity index (χ3n) is 3.17. The predicted molar refractivity (Wildman–Crippen MR) is 62.5 cm³/mol. The molecule has 2 rings (SSSR count). The lowest BCUT2D eigenvalue weighted by Gasteiger charge is -2.21. The third kappa shape index (κ3) is 2.74. The lowest BCUT2D eigenvalue weighted by Crippen LogP contribution is -2.16. The van der Waals surface area contributed by atoms with Gasteiger partial charge in [0.2, 0.25) is 0 Å². The Morgan fingerprint density at radius 2 is 2.06 bits per heavy atom. The topological polar surface area (TPSA) is 39.9 Å². The van der Waals surface area contributed by atoms with Crippen LogP contribution in [0.2, 0.25) is 0 Å². The molecule has 0 unspecified atom stereocenters. The van der Waals surface area contributed by atoms with Crippen molar-refractivity contribution in [2.75, 3.05) is 6.61 Å². The van der Waals surface area contributed by atoms with Crippen molar-refractivity contribution in [2.24, 2.45) is 5.92 Å². The molecule has 1 aromatic rings. The van der Waals surface area contributed by atoms with Gasteiger partial charge in [-0.3, -0.25) is 0 Å². The van der Waals surface area contributed by atoms with Crippen molar-refractivity contribution in [3.05, 3.63) is 5.82 Å². The summed E-state index contributed by atoms with van der Waals surface area (Å²) in [4.78, 5) is 4.30. The Kier molecular flexibility index (Phi) is 3.80. The second-order valence-corrected chi connectivity index (χ2v) is 4.56. The number of ether oxygens (including phenoxy) is 1. The molecule has 90 valence electrons. The van der Waals surface area contributed by atoms with Crippen LogP contribution in [0.15, 0.2) is 0 Å². The van der Waals surface area contributed by atoms with Gasteiger partial charge in [-0.25, -0.2) is 4.68 Å². The van der Waals surface area contributed by atoms with E-state index in [-0.39, 0.29) is 0 Å². The Labute approximate surface area is 97.0 Å². The van der Waals surface area contributed by atoms with Crippen molar-refractivity contribution in [3.8, 4) is 6.01 Å². The summed E-state index contributed by atoms with van der Waals surface area (Å²) in [5.74, 6) is 1.56. The van der Waals surface area contributed by atoms with Gasteiger partial charge >= 0.3 is 6.01 Å².